The van der Waals surface area contributed by atoms with Crippen LogP contribution in [0.1, 0.15) is 22.8 Å². The number of amides is 1. The number of rotatable bonds is 6. The molecule has 6 nitrogen and oxygen atoms in total. The van der Waals surface area contributed by atoms with Crippen LogP contribution in [0.15, 0.2) is 42.5 Å². The smallest absolute Gasteiger partial charge is 0.338 e. The van der Waals surface area contributed by atoms with Gasteiger partial charge < -0.3 is 19.5 Å². The summed E-state index contributed by atoms with van der Waals surface area (Å²) >= 11 is 0. The SMILES string of the molecule is COc1ccc(OC)c(NC(=O)[C@@H](C)OC(=O)c2cccc(C)c2)c1. The fraction of sp³-hybridized carbons (Fsp3) is 0.263. The summed E-state index contributed by atoms with van der Waals surface area (Å²) in [6, 6.07) is 12.0. The molecule has 0 unspecified atom stereocenters. The topological polar surface area (TPSA) is 73.9 Å². The van der Waals surface area contributed by atoms with Crippen LogP contribution >= 0.6 is 0 Å². The Bertz CT molecular complexity index is 772. The number of hydrogen-bond acceptors (Lipinski definition) is 5. The Morgan fingerprint density at radius 1 is 1.04 bits per heavy atom. The number of aryl methyl sites for hydroxylation is 1. The number of ether oxygens (including phenoxy) is 3. The van der Waals surface area contributed by atoms with Gasteiger partial charge in [0, 0.05) is 6.07 Å². The lowest BCUT2D eigenvalue weighted by Gasteiger charge is -2.16. The van der Waals surface area contributed by atoms with E-state index in [1.54, 1.807) is 36.4 Å². The Kier molecular flexibility index (Phi) is 6.00. The second kappa shape index (κ2) is 8.19. The van der Waals surface area contributed by atoms with Gasteiger partial charge in [-0.1, -0.05) is 17.7 Å². The van der Waals surface area contributed by atoms with E-state index < -0.39 is 18.0 Å². The van der Waals surface area contributed by atoms with Crippen molar-refractivity contribution in [3.8, 4) is 11.5 Å². The fourth-order valence-electron chi connectivity index (χ4n) is 2.20. The molecule has 1 N–H and O–H groups in total. The number of carbonyl (C=O) groups is 2. The normalized spacial score (nSPS) is 11.4. The number of esters is 1. The predicted molar refractivity (Wildman–Crippen MR) is 94.2 cm³/mol. The Hall–Kier alpha value is -3.02. The molecule has 2 rings (SSSR count). The van der Waals surface area contributed by atoms with Gasteiger partial charge in [0.15, 0.2) is 6.10 Å². The molecule has 132 valence electrons. The minimum Gasteiger partial charge on any atom is -0.497 e. The number of anilines is 1. The summed E-state index contributed by atoms with van der Waals surface area (Å²) in [5.41, 5.74) is 1.77. The summed E-state index contributed by atoms with van der Waals surface area (Å²) in [7, 11) is 3.03. The summed E-state index contributed by atoms with van der Waals surface area (Å²) in [5, 5.41) is 2.68. The van der Waals surface area contributed by atoms with E-state index in [-0.39, 0.29) is 0 Å². The second-order valence-electron chi connectivity index (χ2n) is 5.47. The maximum Gasteiger partial charge on any atom is 0.338 e. The molecule has 0 saturated carbocycles. The van der Waals surface area contributed by atoms with Crippen molar-refractivity contribution in [1.29, 1.82) is 0 Å². The highest BCUT2D eigenvalue weighted by Crippen LogP contribution is 2.29. The number of methoxy groups -OCH3 is 2. The van der Waals surface area contributed by atoms with Crippen LogP contribution in [0.25, 0.3) is 0 Å². The lowest BCUT2D eigenvalue weighted by molar-refractivity contribution is -0.123. The van der Waals surface area contributed by atoms with Gasteiger partial charge in [0.2, 0.25) is 0 Å². The van der Waals surface area contributed by atoms with Crippen LogP contribution < -0.4 is 14.8 Å². The molecular weight excluding hydrogens is 322 g/mol. The Labute approximate surface area is 146 Å². The Morgan fingerprint density at radius 2 is 1.80 bits per heavy atom. The third-order valence-corrected chi connectivity index (χ3v) is 3.57. The molecule has 0 heterocycles. The van der Waals surface area contributed by atoms with Gasteiger partial charge in [0.25, 0.3) is 5.91 Å². The summed E-state index contributed by atoms with van der Waals surface area (Å²) < 4.78 is 15.6. The zero-order valence-electron chi connectivity index (χ0n) is 14.7. The van der Waals surface area contributed by atoms with Crippen LogP contribution in [0, 0.1) is 6.92 Å². The first-order chi connectivity index (χ1) is 11.9. The van der Waals surface area contributed by atoms with Gasteiger partial charge in [-0.2, -0.15) is 0 Å². The minimum absolute atomic E-state index is 0.401. The van der Waals surface area contributed by atoms with E-state index in [9.17, 15) is 9.59 Å². The summed E-state index contributed by atoms with van der Waals surface area (Å²) in [6.07, 6.45) is -0.969. The molecule has 0 aromatic heterocycles. The van der Waals surface area contributed by atoms with Gasteiger partial charge in [-0.3, -0.25) is 4.79 Å². The highest BCUT2D eigenvalue weighted by atomic mass is 16.5. The van der Waals surface area contributed by atoms with E-state index in [1.807, 2.05) is 13.0 Å². The van der Waals surface area contributed by atoms with E-state index in [2.05, 4.69) is 5.32 Å². The molecule has 0 saturated heterocycles. The van der Waals surface area contributed by atoms with Crippen molar-refractivity contribution >= 4 is 17.6 Å². The van der Waals surface area contributed by atoms with E-state index in [0.717, 1.165) is 5.56 Å². The molecule has 2 aromatic rings. The van der Waals surface area contributed by atoms with Gasteiger partial charge >= 0.3 is 5.97 Å². The Morgan fingerprint density at radius 3 is 2.44 bits per heavy atom. The fourth-order valence-corrected chi connectivity index (χ4v) is 2.20. The van der Waals surface area contributed by atoms with Gasteiger partial charge in [0.05, 0.1) is 25.5 Å². The van der Waals surface area contributed by atoms with E-state index in [1.165, 1.54) is 21.1 Å². The monoisotopic (exact) mass is 343 g/mol. The first-order valence-electron chi connectivity index (χ1n) is 7.75. The number of hydrogen-bond donors (Lipinski definition) is 1. The van der Waals surface area contributed by atoms with Gasteiger partial charge in [-0.05, 0) is 38.1 Å². The van der Waals surface area contributed by atoms with Crippen LogP contribution in [0.3, 0.4) is 0 Å². The largest absolute Gasteiger partial charge is 0.497 e. The quantitative estimate of drug-likeness (QED) is 0.816. The molecule has 0 bridgehead atoms. The lowest BCUT2D eigenvalue weighted by atomic mass is 10.1. The maximum atomic E-state index is 12.3. The zero-order chi connectivity index (χ0) is 18.4. The van der Waals surface area contributed by atoms with Crippen molar-refractivity contribution in [2.75, 3.05) is 19.5 Å². The third kappa shape index (κ3) is 4.73. The summed E-state index contributed by atoms with van der Waals surface area (Å²) in [5.74, 6) is 0.0309. The molecule has 1 atom stereocenters. The van der Waals surface area contributed by atoms with Crippen molar-refractivity contribution in [3.05, 3.63) is 53.6 Å². The van der Waals surface area contributed by atoms with Crippen LogP contribution in [0.5, 0.6) is 11.5 Å². The van der Waals surface area contributed by atoms with Gasteiger partial charge in [-0.25, -0.2) is 4.79 Å². The van der Waals surface area contributed by atoms with Crippen molar-refractivity contribution in [2.45, 2.75) is 20.0 Å². The van der Waals surface area contributed by atoms with Crippen LogP contribution in [0.4, 0.5) is 5.69 Å². The molecule has 0 fully saturated rings. The molecular formula is C19H21NO5. The Balaban J connectivity index is 2.06. The number of nitrogens with one attached hydrogen (secondary N) is 1. The first-order valence-corrected chi connectivity index (χ1v) is 7.75. The highest BCUT2D eigenvalue weighted by molar-refractivity contribution is 5.98. The molecule has 25 heavy (non-hydrogen) atoms. The van der Waals surface area contributed by atoms with Crippen molar-refractivity contribution in [2.24, 2.45) is 0 Å². The highest BCUT2D eigenvalue weighted by Gasteiger charge is 2.20. The molecule has 0 aliphatic rings. The molecule has 0 spiro atoms. The van der Waals surface area contributed by atoms with E-state index >= 15 is 0 Å². The van der Waals surface area contributed by atoms with Crippen LogP contribution in [-0.4, -0.2) is 32.2 Å². The average molecular weight is 343 g/mol. The molecule has 0 aliphatic heterocycles. The molecule has 6 heteroatoms. The van der Waals surface area contributed by atoms with Gasteiger partial charge in [0.1, 0.15) is 11.5 Å². The molecule has 2 aromatic carbocycles. The number of benzene rings is 2. The zero-order valence-corrected chi connectivity index (χ0v) is 14.7. The van der Waals surface area contributed by atoms with E-state index in [4.69, 9.17) is 14.2 Å². The first kappa shape index (κ1) is 18.3. The van der Waals surface area contributed by atoms with E-state index in [0.29, 0.717) is 22.7 Å². The molecule has 1 amide bonds. The van der Waals surface area contributed by atoms with Crippen molar-refractivity contribution in [1.82, 2.24) is 0 Å². The predicted octanol–water partition coefficient (Wildman–Crippen LogP) is 3.20. The van der Waals surface area contributed by atoms with Crippen molar-refractivity contribution < 1.29 is 23.8 Å². The standard InChI is InChI=1S/C19H21NO5/c1-12-6-5-7-14(10-12)19(22)25-13(2)18(21)20-16-11-15(23-3)8-9-17(16)24-4/h5-11,13H,1-4H3,(H,20,21)/t13-/m1/s1. The average Bonchev–Trinajstić information content (AvgIpc) is 2.61. The van der Waals surface area contributed by atoms with Crippen LogP contribution in [0.2, 0.25) is 0 Å². The van der Waals surface area contributed by atoms with Gasteiger partial charge in [-0.15, -0.1) is 0 Å². The second-order valence-corrected chi connectivity index (χ2v) is 5.47. The van der Waals surface area contributed by atoms with Crippen LogP contribution in [-0.2, 0) is 9.53 Å². The maximum absolute atomic E-state index is 12.3. The van der Waals surface area contributed by atoms with Crippen molar-refractivity contribution in [3.63, 3.8) is 0 Å². The summed E-state index contributed by atoms with van der Waals surface area (Å²) in [4.78, 5) is 24.5. The number of carbonyl (C=O) groups excluding carboxylic acids is 2. The molecule has 0 radical (unpaired) electrons. The summed E-state index contributed by atoms with van der Waals surface area (Å²) in [6.45, 7) is 3.39. The third-order valence-electron chi connectivity index (χ3n) is 3.57. The minimum atomic E-state index is -0.969. The lowest BCUT2D eigenvalue weighted by Crippen LogP contribution is -2.30. The molecule has 0 aliphatic carbocycles.